The molecule has 1 unspecified atom stereocenters. The zero-order valence-corrected chi connectivity index (χ0v) is 15.5. The van der Waals surface area contributed by atoms with Crippen molar-refractivity contribution in [1.29, 1.82) is 0 Å². The second-order valence-corrected chi connectivity index (χ2v) is 7.35. The molecule has 0 heterocycles. The van der Waals surface area contributed by atoms with Gasteiger partial charge in [-0.2, -0.15) is 0 Å². The van der Waals surface area contributed by atoms with Crippen molar-refractivity contribution in [1.82, 2.24) is 0 Å². The SMILES string of the molecule is C=C1c2ccc(CCc3ccc(CC)cc3)cc2CC1c1ccccc1. The number of hydrogen-bond acceptors (Lipinski definition) is 0. The molecule has 0 aromatic heterocycles. The summed E-state index contributed by atoms with van der Waals surface area (Å²) in [5.41, 5.74) is 9.74. The molecule has 0 saturated carbocycles. The van der Waals surface area contributed by atoms with Crippen molar-refractivity contribution in [3.05, 3.63) is 113 Å². The molecule has 0 nitrogen and oxygen atoms in total. The van der Waals surface area contributed by atoms with E-state index in [9.17, 15) is 0 Å². The van der Waals surface area contributed by atoms with Crippen LogP contribution in [0.25, 0.3) is 5.57 Å². The van der Waals surface area contributed by atoms with E-state index in [1.165, 1.54) is 39.0 Å². The number of rotatable bonds is 5. The highest BCUT2D eigenvalue weighted by Crippen LogP contribution is 2.42. The van der Waals surface area contributed by atoms with E-state index in [1.54, 1.807) is 0 Å². The Bertz CT molecular complexity index is 901. The Labute approximate surface area is 157 Å². The number of benzene rings is 3. The van der Waals surface area contributed by atoms with Crippen LogP contribution in [-0.4, -0.2) is 0 Å². The van der Waals surface area contributed by atoms with Gasteiger partial charge in [0.05, 0.1) is 0 Å². The van der Waals surface area contributed by atoms with E-state index in [0.717, 1.165) is 25.7 Å². The predicted octanol–water partition coefficient (Wildman–Crippen LogP) is 6.39. The Morgan fingerprint density at radius 3 is 2.19 bits per heavy atom. The van der Waals surface area contributed by atoms with Crippen LogP contribution in [0.2, 0.25) is 0 Å². The molecule has 0 spiro atoms. The highest BCUT2D eigenvalue weighted by molar-refractivity contribution is 5.77. The van der Waals surface area contributed by atoms with Crippen molar-refractivity contribution < 1.29 is 0 Å². The Morgan fingerprint density at radius 2 is 1.46 bits per heavy atom. The van der Waals surface area contributed by atoms with Crippen LogP contribution in [0.15, 0.2) is 79.4 Å². The normalized spacial score (nSPS) is 15.9. The molecule has 0 aliphatic heterocycles. The number of aryl methyl sites for hydroxylation is 3. The highest BCUT2D eigenvalue weighted by atomic mass is 14.3. The number of allylic oxidation sites excluding steroid dienone is 1. The van der Waals surface area contributed by atoms with Crippen LogP contribution < -0.4 is 0 Å². The van der Waals surface area contributed by atoms with Gasteiger partial charge in [-0.1, -0.05) is 86.3 Å². The van der Waals surface area contributed by atoms with Crippen LogP contribution in [0.1, 0.15) is 46.2 Å². The van der Waals surface area contributed by atoms with Crippen molar-refractivity contribution in [3.8, 4) is 0 Å². The predicted molar refractivity (Wildman–Crippen MR) is 112 cm³/mol. The molecule has 1 aliphatic rings. The van der Waals surface area contributed by atoms with Gasteiger partial charge in [0.15, 0.2) is 0 Å². The number of fused-ring (bicyclic) bond motifs is 1. The van der Waals surface area contributed by atoms with E-state index in [2.05, 4.69) is 86.3 Å². The minimum atomic E-state index is 0.433. The van der Waals surface area contributed by atoms with Gasteiger partial charge in [0.25, 0.3) is 0 Å². The Balaban J connectivity index is 1.48. The molecule has 0 amide bonds. The van der Waals surface area contributed by atoms with Crippen LogP contribution in [0.3, 0.4) is 0 Å². The molecular weight excluding hydrogens is 312 g/mol. The third kappa shape index (κ3) is 3.37. The molecule has 1 atom stereocenters. The zero-order chi connectivity index (χ0) is 17.9. The van der Waals surface area contributed by atoms with E-state index in [4.69, 9.17) is 0 Å². The monoisotopic (exact) mass is 338 g/mol. The van der Waals surface area contributed by atoms with Crippen LogP contribution >= 0.6 is 0 Å². The third-order valence-electron chi connectivity index (χ3n) is 5.70. The van der Waals surface area contributed by atoms with Gasteiger partial charge in [0, 0.05) is 5.92 Å². The molecule has 3 aromatic carbocycles. The van der Waals surface area contributed by atoms with E-state index in [0.29, 0.717) is 5.92 Å². The van der Waals surface area contributed by atoms with Gasteiger partial charge < -0.3 is 0 Å². The fraction of sp³-hybridized carbons (Fsp3) is 0.231. The molecule has 26 heavy (non-hydrogen) atoms. The van der Waals surface area contributed by atoms with E-state index in [-0.39, 0.29) is 0 Å². The topological polar surface area (TPSA) is 0 Å². The summed E-state index contributed by atoms with van der Waals surface area (Å²) in [4.78, 5) is 0. The summed E-state index contributed by atoms with van der Waals surface area (Å²) in [5, 5.41) is 0. The molecule has 1 aliphatic carbocycles. The summed E-state index contributed by atoms with van der Waals surface area (Å²) in [6.45, 7) is 6.60. The van der Waals surface area contributed by atoms with Crippen molar-refractivity contribution in [2.75, 3.05) is 0 Å². The smallest absolute Gasteiger partial charge is 0.0130 e. The van der Waals surface area contributed by atoms with Crippen LogP contribution in [0, 0.1) is 0 Å². The lowest BCUT2D eigenvalue weighted by molar-refractivity contribution is 0.894. The van der Waals surface area contributed by atoms with Gasteiger partial charge in [-0.05, 0) is 64.6 Å². The largest absolute Gasteiger partial charge is 0.0946 e. The first-order valence-corrected chi connectivity index (χ1v) is 9.68. The lowest BCUT2D eigenvalue weighted by Gasteiger charge is -2.11. The van der Waals surface area contributed by atoms with Gasteiger partial charge in [-0.3, -0.25) is 0 Å². The summed E-state index contributed by atoms with van der Waals surface area (Å²) in [6.07, 6.45) is 4.39. The van der Waals surface area contributed by atoms with E-state index in [1.807, 2.05) is 0 Å². The quantitative estimate of drug-likeness (QED) is 0.506. The van der Waals surface area contributed by atoms with E-state index < -0.39 is 0 Å². The average molecular weight is 338 g/mol. The lowest BCUT2D eigenvalue weighted by Crippen LogP contribution is -1.96. The molecular formula is C26H26. The maximum atomic E-state index is 4.39. The molecule has 0 heteroatoms. The summed E-state index contributed by atoms with van der Waals surface area (Å²) in [7, 11) is 0. The van der Waals surface area contributed by atoms with E-state index >= 15 is 0 Å². The summed E-state index contributed by atoms with van der Waals surface area (Å²) in [5.74, 6) is 0.433. The van der Waals surface area contributed by atoms with Crippen LogP contribution in [0.5, 0.6) is 0 Å². The fourth-order valence-electron chi connectivity index (χ4n) is 4.05. The molecule has 0 fully saturated rings. The summed E-state index contributed by atoms with van der Waals surface area (Å²) >= 11 is 0. The molecule has 4 rings (SSSR count). The van der Waals surface area contributed by atoms with Crippen LogP contribution in [-0.2, 0) is 25.7 Å². The number of hydrogen-bond donors (Lipinski definition) is 0. The minimum Gasteiger partial charge on any atom is -0.0946 e. The van der Waals surface area contributed by atoms with Gasteiger partial charge in [-0.25, -0.2) is 0 Å². The molecule has 0 radical (unpaired) electrons. The molecule has 0 N–H and O–H groups in total. The maximum absolute atomic E-state index is 4.39. The molecule has 0 bridgehead atoms. The Morgan fingerprint density at radius 1 is 0.808 bits per heavy atom. The molecule has 3 aromatic rings. The van der Waals surface area contributed by atoms with Crippen molar-refractivity contribution in [2.45, 2.75) is 38.5 Å². The van der Waals surface area contributed by atoms with Crippen molar-refractivity contribution in [2.24, 2.45) is 0 Å². The zero-order valence-electron chi connectivity index (χ0n) is 15.5. The average Bonchev–Trinajstić information content (AvgIpc) is 3.03. The second-order valence-electron chi connectivity index (χ2n) is 7.35. The second kappa shape index (κ2) is 7.33. The summed E-state index contributed by atoms with van der Waals surface area (Å²) in [6, 6.07) is 26.8. The molecule has 0 saturated heterocycles. The first-order chi connectivity index (χ1) is 12.7. The van der Waals surface area contributed by atoms with Gasteiger partial charge in [0.2, 0.25) is 0 Å². The third-order valence-corrected chi connectivity index (χ3v) is 5.70. The first kappa shape index (κ1) is 16.8. The maximum Gasteiger partial charge on any atom is 0.0130 e. The van der Waals surface area contributed by atoms with Gasteiger partial charge in [0.1, 0.15) is 0 Å². The van der Waals surface area contributed by atoms with Crippen molar-refractivity contribution >= 4 is 5.57 Å². The van der Waals surface area contributed by atoms with Crippen LogP contribution in [0.4, 0.5) is 0 Å². The molecule has 130 valence electrons. The van der Waals surface area contributed by atoms with Gasteiger partial charge >= 0.3 is 0 Å². The Kier molecular flexibility index (Phi) is 4.75. The van der Waals surface area contributed by atoms with Crippen molar-refractivity contribution in [3.63, 3.8) is 0 Å². The highest BCUT2D eigenvalue weighted by Gasteiger charge is 2.26. The Hall–Kier alpha value is -2.60. The van der Waals surface area contributed by atoms with Gasteiger partial charge in [-0.15, -0.1) is 0 Å². The lowest BCUT2D eigenvalue weighted by atomic mass is 9.93. The standard InChI is InChI=1S/C26H26/c1-3-20-9-11-21(12-10-20)13-14-22-15-16-25-19(2)26(18-24(25)17-22)23-7-5-4-6-8-23/h4-12,15-17,26H,2-3,13-14,18H2,1H3. The fourth-order valence-corrected chi connectivity index (χ4v) is 4.05. The minimum absolute atomic E-state index is 0.433. The summed E-state index contributed by atoms with van der Waals surface area (Å²) < 4.78 is 0. The first-order valence-electron chi connectivity index (χ1n) is 9.68.